The molecule has 12 heteroatoms. The lowest BCUT2D eigenvalue weighted by molar-refractivity contribution is -0.124. The van der Waals surface area contributed by atoms with Crippen LogP contribution in [-0.2, 0) is 23.9 Å². The highest BCUT2D eigenvalue weighted by atomic mass is 32.2. The predicted octanol–water partition coefficient (Wildman–Crippen LogP) is 2.57. The molecule has 0 aliphatic carbocycles. The molecular weight excluding hydrogens is 522 g/mol. The van der Waals surface area contributed by atoms with Gasteiger partial charge in [-0.05, 0) is 25.7 Å². The van der Waals surface area contributed by atoms with Gasteiger partial charge in [0.25, 0.3) is 0 Å². The summed E-state index contributed by atoms with van der Waals surface area (Å²) in [5.41, 5.74) is 0. The number of urea groups is 1. The van der Waals surface area contributed by atoms with Gasteiger partial charge in [-0.3, -0.25) is 14.4 Å². The number of rotatable bonds is 21. The van der Waals surface area contributed by atoms with Gasteiger partial charge in [-0.1, -0.05) is 24.6 Å². The Morgan fingerprint density at radius 3 is 2.58 bits per heavy atom. The number of amides is 3. The Kier molecular flexibility index (Phi) is 16.6. The van der Waals surface area contributed by atoms with E-state index in [1.165, 1.54) is 0 Å². The molecule has 2 aliphatic rings. The van der Waals surface area contributed by atoms with Gasteiger partial charge in [0, 0.05) is 41.9 Å². The summed E-state index contributed by atoms with van der Waals surface area (Å²) in [4.78, 5) is 47.3. The lowest BCUT2D eigenvalue weighted by Gasteiger charge is -2.16. The van der Waals surface area contributed by atoms with Gasteiger partial charge in [0.2, 0.25) is 5.91 Å². The Balaban J connectivity index is 1.35. The number of thioether (sulfide) groups is 2. The minimum atomic E-state index is -0.113. The number of Topliss-reactive ketones (excluding diaryl/α,β-unsaturated/α-hetero) is 1. The molecule has 0 aromatic rings. The molecule has 2 saturated heterocycles. The highest BCUT2D eigenvalue weighted by molar-refractivity contribution is 8.13. The Labute approximate surface area is 228 Å². The van der Waals surface area contributed by atoms with E-state index in [-0.39, 0.29) is 41.3 Å². The fourth-order valence-corrected chi connectivity index (χ4v) is 6.48. The zero-order valence-electron chi connectivity index (χ0n) is 21.0. The van der Waals surface area contributed by atoms with Gasteiger partial charge in [0.05, 0.1) is 44.9 Å². The summed E-state index contributed by atoms with van der Waals surface area (Å²) in [5, 5.41) is 9.21. The number of hydrogen-bond donors (Lipinski definition) is 4. The van der Waals surface area contributed by atoms with Crippen LogP contribution in [0.25, 0.3) is 0 Å². The summed E-state index contributed by atoms with van der Waals surface area (Å²) >= 11 is 7.08. The Morgan fingerprint density at radius 2 is 1.78 bits per heavy atom. The number of nitrogens with one attached hydrogen (secondary N) is 3. The SMILES string of the molecule is O=C(CCCCCNC(=O)CCCC[C@@H]1SC[C@@H]2NC(=O)N[C@@H]21)CC(=O)SCCOCCOCCS. The van der Waals surface area contributed by atoms with Gasteiger partial charge in [0.15, 0.2) is 5.12 Å². The molecule has 206 valence electrons. The monoisotopic (exact) mass is 563 g/mol. The van der Waals surface area contributed by atoms with E-state index in [4.69, 9.17) is 9.47 Å². The van der Waals surface area contributed by atoms with E-state index in [9.17, 15) is 19.2 Å². The van der Waals surface area contributed by atoms with Crippen molar-refractivity contribution < 1.29 is 28.7 Å². The molecule has 2 rings (SSSR count). The maximum absolute atomic E-state index is 12.0. The van der Waals surface area contributed by atoms with Crippen molar-refractivity contribution in [1.29, 1.82) is 0 Å². The topological polar surface area (TPSA) is 123 Å². The molecule has 36 heavy (non-hydrogen) atoms. The molecule has 2 heterocycles. The summed E-state index contributed by atoms with van der Waals surface area (Å²) in [6, 6.07) is 0.402. The minimum absolute atomic E-state index is 0.0303. The van der Waals surface area contributed by atoms with Crippen LogP contribution in [0.2, 0.25) is 0 Å². The van der Waals surface area contributed by atoms with Crippen molar-refractivity contribution in [3.63, 3.8) is 0 Å². The number of carbonyl (C=O) groups is 4. The van der Waals surface area contributed by atoms with E-state index in [1.807, 2.05) is 11.8 Å². The second-order valence-corrected chi connectivity index (χ2v) is 11.8. The van der Waals surface area contributed by atoms with Crippen molar-refractivity contribution in [2.75, 3.05) is 50.2 Å². The Hall–Kier alpha value is -0.950. The fraction of sp³-hybridized carbons (Fsp3) is 0.833. The van der Waals surface area contributed by atoms with Crippen LogP contribution in [0.3, 0.4) is 0 Å². The second-order valence-electron chi connectivity index (χ2n) is 8.91. The average Bonchev–Trinajstić information content (AvgIpc) is 3.40. The first-order chi connectivity index (χ1) is 17.5. The number of ether oxygens (including phenoxy) is 2. The van der Waals surface area contributed by atoms with Gasteiger partial charge in [-0.25, -0.2) is 4.79 Å². The Morgan fingerprint density at radius 1 is 1.00 bits per heavy atom. The van der Waals surface area contributed by atoms with Gasteiger partial charge in [-0.2, -0.15) is 24.4 Å². The molecule has 0 saturated carbocycles. The lowest BCUT2D eigenvalue weighted by atomic mass is 10.0. The van der Waals surface area contributed by atoms with E-state index in [2.05, 4.69) is 28.6 Å². The van der Waals surface area contributed by atoms with Crippen molar-refractivity contribution in [2.45, 2.75) is 75.1 Å². The maximum atomic E-state index is 12.0. The summed E-state index contributed by atoms with van der Waals surface area (Å²) in [5.74, 6) is 2.21. The van der Waals surface area contributed by atoms with Gasteiger partial charge < -0.3 is 25.4 Å². The smallest absolute Gasteiger partial charge is 0.315 e. The van der Waals surface area contributed by atoms with Crippen LogP contribution < -0.4 is 16.0 Å². The molecule has 9 nitrogen and oxygen atoms in total. The number of hydrogen-bond acceptors (Lipinski definition) is 9. The first kappa shape index (κ1) is 31.3. The lowest BCUT2D eigenvalue weighted by Crippen LogP contribution is -2.36. The minimum Gasteiger partial charge on any atom is -0.378 e. The van der Waals surface area contributed by atoms with Crippen LogP contribution in [0.15, 0.2) is 0 Å². The van der Waals surface area contributed by atoms with Crippen molar-refractivity contribution in [1.82, 2.24) is 16.0 Å². The zero-order chi connectivity index (χ0) is 26.0. The zero-order valence-corrected chi connectivity index (χ0v) is 23.5. The van der Waals surface area contributed by atoms with Crippen molar-refractivity contribution in [3.05, 3.63) is 0 Å². The largest absolute Gasteiger partial charge is 0.378 e. The van der Waals surface area contributed by atoms with Crippen LogP contribution in [0.5, 0.6) is 0 Å². The normalized spacial score (nSPS) is 20.6. The second kappa shape index (κ2) is 19.2. The summed E-state index contributed by atoms with van der Waals surface area (Å²) in [6.45, 7) is 2.67. The van der Waals surface area contributed by atoms with Gasteiger partial charge in [0.1, 0.15) is 5.78 Å². The molecule has 3 N–H and O–H groups in total. The van der Waals surface area contributed by atoms with E-state index in [0.717, 1.165) is 56.0 Å². The summed E-state index contributed by atoms with van der Waals surface area (Å²) in [7, 11) is 0. The number of ketones is 1. The number of fused-ring (bicyclic) bond motifs is 1. The van der Waals surface area contributed by atoms with Crippen molar-refractivity contribution >= 4 is 59.0 Å². The quantitative estimate of drug-likeness (QED) is 0.0728. The molecule has 2 aliphatic heterocycles. The van der Waals surface area contributed by atoms with E-state index in [1.54, 1.807) is 0 Å². The summed E-state index contributed by atoms with van der Waals surface area (Å²) < 4.78 is 10.6. The molecule has 0 bridgehead atoms. The molecule has 0 aromatic carbocycles. The first-order valence-corrected chi connectivity index (χ1v) is 15.5. The highest BCUT2D eigenvalue weighted by Crippen LogP contribution is 2.33. The molecule has 3 atom stereocenters. The summed E-state index contributed by atoms with van der Waals surface area (Å²) in [6.07, 6.45) is 6.12. The molecule has 0 unspecified atom stereocenters. The van der Waals surface area contributed by atoms with Crippen molar-refractivity contribution in [2.24, 2.45) is 0 Å². The molecule has 0 aromatic heterocycles. The third-order valence-corrected chi connectivity index (χ3v) is 8.50. The third-order valence-electron chi connectivity index (χ3n) is 5.98. The van der Waals surface area contributed by atoms with Crippen LogP contribution in [0.1, 0.15) is 57.8 Å². The van der Waals surface area contributed by atoms with E-state index in [0.29, 0.717) is 62.6 Å². The van der Waals surface area contributed by atoms with Crippen molar-refractivity contribution in [3.8, 4) is 0 Å². The number of unbranched alkanes of at least 4 members (excludes halogenated alkanes) is 3. The molecule has 3 amide bonds. The van der Waals surface area contributed by atoms with Crippen LogP contribution in [0.4, 0.5) is 4.79 Å². The standard InChI is InChI=1S/C24H41N3O6S3/c28-18(16-22(30)35-15-13-33-11-10-32-12-14-34)6-2-1-5-9-25-21(29)8-4-3-7-20-23-19(17-36-20)26-24(31)27-23/h19-20,23,34H,1-17H2,(H,25,29)(H2,26,27,31)/t19-,20-,23-/m0/s1. The Bertz CT molecular complexity index is 700. The third kappa shape index (κ3) is 13.6. The molecule has 2 fully saturated rings. The fourth-order valence-electron chi connectivity index (χ4n) is 4.12. The number of thiol groups is 1. The van der Waals surface area contributed by atoms with Crippen LogP contribution >= 0.6 is 36.2 Å². The number of carbonyl (C=O) groups excluding carboxylic acids is 4. The van der Waals surface area contributed by atoms with Crippen LogP contribution in [0, 0.1) is 0 Å². The van der Waals surface area contributed by atoms with Gasteiger partial charge in [-0.15, -0.1) is 0 Å². The first-order valence-electron chi connectivity index (χ1n) is 12.9. The molecule has 0 radical (unpaired) electrons. The predicted molar refractivity (Wildman–Crippen MR) is 148 cm³/mol. The highest BCUT2D eigenvalue weighted by Gasteiger charge is 2.42. The molecule has 0 spiro atoms. The molecular formula is C24H41N3O6S3. The maximum Gasteiger partial charge on any atom is 0.315 e. The average molecular weight is 564 g/mol. The van der Waals surface area contributed by atoms with Crippen LogP contribution in [-0.4, -0.2) is 90.4 Å². The van der Waals surface area contributed by atoms with E-state index < -0.39 is 0 Å². The van der Waals surface area contributed by atoms with Gasteiger partial charge >= 0.3 is 6.03 Å². The van der Waals surface area contributed by atoms with E-state index >= 15 is 0 Å².